The van der Waals surface area contributed by atoms with E-state index in [0.29, 0.717) is 0 Å². The Labute approximate surface area is 74.6 Å². The molecule has 13 heavy (non-hydrogen) atoms. The SMILES string of the molecule is CCCn1cc[n+](CC(F)(F)F)c1. The van der Waals surface area contributed by atoms with Crippen LogP contribution in [0, 0.1) is 0 Å². The number of aryl methyl sites for hydroxylation is 1. The first-order valence-electron chi connectivity index (χ1n) is 4.13. The Balaban J connectivity index is 2.59. The van der Waals surface area contributed by atoms with Gasteiger partial charge in [0.15, 0.2) is 6.54 Å². The summed E-state index contributed by atoms with van der Waals surface area (Å²) in [5, 5.41) is 0. The number of aromatic nitrogens is 2. The number of imidazole rings is 1. The Morgan fingerprint density at radius 3 is 2.62 bits per heavy atom. The first-order chi connectivity index (χ1) is 6.01. The topological polar surface area (TPSA) is 8.81 Å². The highest BCUT2D eigenvalue weighted by Gasteiger charge is 2.30. The number of hydrogen-bond donors (Lipinski definition) is 0. The van der Waals surface area contributed by atoms with Gasteiger partial charge >= 0.3 is 6.18 Å². The van der Waals surface area contributed by atoms with E-state index in [2.05, 4.69) is 0 Å². The van der Waals surface area contributed by atoms with E-state index in [-0.39, 0.29) is 0 Å². The first kappa shape index (κ1) is 10.1. The zero-order chi connectivity index (χ0) is 9.90. The summed E-state index contributed by atoms with van der Waals surface area (Å²) in [7, 11) is 0. The number of alkyl halides is 3. The van der Waals surface area contributed by atoms with Crippen molar-refractivity contribution in [2.45, 2.75) is 32.6 Å². The summed E-state index contributed by atoms with van der Waals surface area (Å²) in [6.45, 7) is 1.82. The van der Waals surface area contributed by atoms with Gasteiger partial charge in [-0.3, -0.25) is 0 Å². The second-order valence-corrected chi connectivity index (χ2v) is 2.94. The zero-order valence-corrected chi connectivity index (χ0v) is 7.38. The van der Waals surface area contributed by atoms with Crippen molar-refractivity contribution >= 4 is 0 Å². The van der Waals surface area contributed by atoms with Crippen LogP contribution < -0.4 is 4.57 Å². The van der Waals surface area contributed by atoms with E-state index in [4.69, 9.17) is 0 Å². The highest BCUT2D eigenvalue weighted by molar-refractivity contribution is 4.65. The minimum Gasteiger partial charge on any atom is -0.237 e. The van der Waals surface area contributed by atoms with Gasteiger partial charge in [0.05, 0.1) is 6.54 Å². The molecule has 0 aromatic carbocycles. The minimum atomic E-state index is -4.14. The van der Waals surface area contributed by atoms with Crippen LogP contribution in [0.15, 0.2) is 18.7 Å². The largest absolute Gasteiger partial charge is 0.426 e. The molecule has 0 atom stereocenters. The predicted molar refractivity (Wildman–Crippen MR) is 41.0 cm³/mol. The molecule has 0 bridgehead atoms. The average molecular weight is 193 g/mol. The van der Waals surface area contributed by atoms with Gasteiger partial charge in [0, 0.05) is 0 Å². The number of rotatable bonds is 3. The lowest BCUT2D eigenvalue weighted by molar-refractivity contribution is -0.718. The molecule has 0 saturated carbocycles. The van der Waals surface area contributed by atoms with Gasteiger partial charge in [-0.15, -0.1) is 0 Å². The average Bonchev–Trinajstić information content (AvgIpc) is 2.33. The fraction of sp³-hybridized carbons (Fsp3) is 0.625. The third kappa shape index (κ3) is 3.48. The van der Waals surface area contributed by atoms with Crippen LogP contribution in [0.4, 0.5) is 13.2 Å². The normalized spacial score (nSPS) is 12.0. The maximum absolute atomic E-state index is 11.9. The monoisotopic (exact) mass is 193 g/mol. The van der Waals surface area contributed by atoms with E-state index in [1.807, 2.05) is 6.92 Å². The Morgan fingerprint density at radius 2 is 2.08 bits per heavy atom. The van der Waals surface area contributed by atoms with Gasteiger partial charge in [0.1, 0.15) is 12.4 Å². The molecule has 1 aromatic heterocycles. The maximum atomic E-state index is 11.9. The summed E-state index contributed by atoms with van der Waals surface area (Å²) in [6.07, 6.45) is 1.33. The Morgan fingerprint density at radius 1 is 1.38 bits per heavy atom. The molecule has 0 saturated heterocycles. The van der Waals surface area contributed by atoms with Crippen molar-refractivity contribution in [3.8, 4) is 0 Å². The van der Waals surface area contributed by atoms with Crippen LogP contribution in [0.1, 0.15) is 13.3 Å². The van der Waals surface area contributed by atoms with Crippen LogP contribution in [0.3, 0.4) is 0 Å². The van der Waals surface area contributed by atoms with E-state index >= 15 is 0 Å². The third-order valence-electron chi connectivity index (χ3n) is 1.59. The van der Waals surface area contributed by atoms with Crippen molar-refractivity contribution < 1.29 is 17.7 Å². The molecule has 0 unspecified atom stereocenters. The smallest absolute Gasteiger partial charge is 0.237 e. The van der Waals surface area contributed by atoms with Crippen LogP contribution >= 0.6 is 0 Å². The van der Waals surface area contributed by atoms with Crippen LogP contribution in [-0.4, -0.2) is 10.7 Å². The molecule has 1 aromatic rings. The number of nitrogens with zero attached hydrogens (tertiary/aromatic N) is 2. The standard InChI is InChI=1S/C8H12F3N2/c1-2-3-12-4-5-13(7-12)6-8(9,10)11/h4-5,7H,2-3,6H2,1H3/q+1. The quantitative estimate of drug-likeness (QED) is 0.647. The van der Waals surface area contributed by atoms with Gasteiger partial charge in [-0.05, 0) is 6.42 Å². The van der Waals surface area contributed by atoms with Gasteiger partial charge in [-0.2, -0.15) is 13.2 Å². The van der Waals surface area contributed by atoms with Gasteiger partial charge in [-0.25, -0.2) is 9.13 Å². The number of hydrogen-bond acceptors (Lipinski definition) is 0. The predicted octanol–water partition coefficient (Wildman–Crippen LogP) is 1.75. The second kappa shape index (κ2) is 3.81. The van der Waals surface area contributed by atoms with Crippen LogP contribution in [0.2, 0.25) is 0 Å². The highest BCUT2D eigenvalue weighted by atomic mass is 19.4. The Bertz CT molecular complexity index is 265. The fourth-order valence-corrected chi connectivity index (χ4v) is 1.13. The van der Waals surface area contributed by atoms with Gasteiger partial charge in [0.25, 0.3) is 0 Å². The van der Waals surface area contributed by atoms with Gasteiger partial charge in [-0.1, -0.05) is 6.92 Å². The summed E-state index contributed by atoms with van der Waals surface area (Å²) in [4.78, 5) is 0. The fourth-order valence-electron chi connectivity index (χ4n) is 1.13. The Kier molecular flexibility index (Phi) is 2.95. The molecule has 0 radical (unpaired) electrons. The molecule has 0 fully saturated rings. The van der Waals surface area contributed by atoms with Crippen molar-refractivity contribution in [3.05, 3.63) is 18.7 Å². The molecule has 0 spiro atoms. The minimum absolute atomic E-state index is 0.755. The zero-order valence-electron chi connectivity index (χ0n) is 7.38. The van der Waals surface area contributed by atoms with Crippen molar-refractivity contribution in [1.29, 1.82) is 0 Å². The molecule has 5 heteroatoms. The molecule has 0 aliphatic rings. The maximum Gasteiger partial charge on any atom is 0.426 e. The van der Waals surface area contributed by atoms with Gasteiger partial charge < -0.3 is 0 Å². The molecule has 0 N–H and O–H groups in total. The molecule has 2 nitrogen and oxygen atoms in total. The molecule has 0 aliphatic heterocycles. The number of halogens is 3. The lowest BCUT2D eigenvalue weighted by Gasteiger charge is -2.01. The molecule has 0 amide bonds. The summed E-state index contributed by atoms with van der Waals surface area (Å²) < 4.78 is 38.6. The summed E-state index contributed by atoms with van der Waals surface area (Å²) >= 11 is 0. The highest BCUT2D eigenvalue weighted by Crippen LogP contribution is 2.13. The van der Waals surface area contributed by atoms with Crippen LogP contribution in [-0.2, 0) is 13.1 Å². The lowest BCUT2D eigenvalue weighted by Crippen LogP contribution is -2.39. The van der Waals surface area contributed by atoms with Crippen LogP contribution in [0.5, 0.6) is 0 Å². The summed E-state index contributed by atoms with van der Waals surface area (Å²) in [5.41, 5.74) is 0. The van der Waals surface area contributed by atoms with Crippen molar-refractivity contribution in [3.63, 3.8) is 0 Å². The first-order valence-corrected chi connectivity index (χ1v) is 4.13. The molecule has 1 heterocycles. The second-order valence-electron chi connectivity index (χ2n) is 2.94. The molecular formula is C8H12F3N2+. The van der Waals surface area contributed by atoms with Gasteiger partial charge in [0.2, 0.25) is 6.33 Å². The van der Waals surface area contributed by atoms with E-state index in [0.717, 1.165) is 17.5 Å². The van der Waals surface area contributed by atoms with E-state index in [1.165, 1.54) is 12.5 Å². The molecule has 74 valence electrons. The lowest BCUT2D eigenvalue weighted by atomic mass is 10.5. The van der Waals surface area contributed by atoms with Crippen molar-refractivity contribution in [1.82, 2.24) is 4.57 Å². The van der Waals surface area contributed by atoms with E-state index in [9.17, 15) is 13.2 Å². The summed E-state index contributed by atoms with van der Waals surface area (Å²) in [5.74, 6) is 0. The third-order valence-corrected chi connectivity index (χ3v) is 1.59. The Hall–Kier alpha value is -1.00. The van der Waals surface area contributed by atoms with Crippen molar-refractivity contribution in [2.75, 3.05) is 0 Å². The van der Waals surface area contributed by atoms with E-state index < -0.39 is 12.7 Å². The van der Waals surface area contributed by atoms with Crippen LogP contribution in [0.25, 0.3) is 0 Å². The van der Waals surface area contributed by atoms with E-state index in [1.54, 1.807) is 10.8 Å². The van der Waals surface area contributed by atoms with Crippen molar-refractivity contribution in [2.24, 2.45) is 0 Å². The summed E-state index contributed by atoms with van der Waals surface area (Å²) in [6, 6.07) is 0. The molecule has 1 rings (SSSR count). The molecular weight excluding hydrogens is 181 g/mol. The molecule has 0 aliphatic carbocycles.